The third-order valence-corrected chi connectivity index (χ3v) is 4.93. The molecule has 3 heterocycles. The van der Waals surface area contributed by atoms with Gasteiger partial charge in [-0.2, -0.15) is 4.99 Å². The second-order valence-electron chi connectivity index (χ2n) is 6.08. The summed E-state index contributed by atoms with van der Waals surface area (Å²) in [4.78, 5) is 21.8. The Morgan fingerprint density at radius 1 is 1.33 bits per heavy atom. The molecule has 3 aromatic heterocycles. The van der Waals surface area contributed by atoms with Crippen LogP contribution in [0.1, 0.15) is 27.3 Å². The number of halogens is 1. The minimum atomic E-state index is -0.415. The number of amides is 1. The molecule has 0 aliphatic heterocycles. The molecule has 1 amide bonds. The number of rotatable bonds is 3. The summed E-state index contributed by atoms with van der Waals surface area (Å²) in [5.74, 6) is -0.707. The van der Waals surface area contributed by atoms with Crippen LogP contribution >= 0.6 is 11.3 Å². The molecule has 0 unspecified atom stereocenters. The largest absolute Gasteiger partial charge is 0.336 e. The van der Waals surface area contributed by atoms with E-state index in [0.717, 1.165) is 0 Å². The lowest BCUT2D eigenvalue weighted by atomic mass is 10.1. The van der Waals surface area contributed by atoms with Gasteiger partial charge in [0.1, 0.15) is 5.82 Å². The predicted octanol–water partition coefficient (Wildman–Crippen LogP) is 3.63. The molecule has 0 bridgehead atoms. The third-order valence-electron chi connectivity index (χ3n) is 4.13. The van der Waals surface area contributed by atoms with Gasteiger partial charge in [-0.15, -0.1) is 11.3 Å². The average Bonchev–Trinajstić information content (AvgIpc) is 3.23. The van der Waals surface area contributed by atoms with Gasteiger partial charge in [0.25, 0.3) is 11.6 Å². The van der Waals surface area contributed by atoms with Crippen LogP contribution in [-0.2, 0) is 6.54 Å². The zero-order chi connectivity index (χ0) is 19.0. The first kappa shape index (κ1) is 17.3. The lowest BCUT2D eigenvalue weighted by Crippen LogP contribution is -2.17. The number of aromatic nitrogens is 3. The summed E-state index contributed by atoms with van der Waals surface area (Å²) in [5.41, 5.74) is 2.46. The Balaban J connectivity index is 1.76. The van der Waals surface area contributed by atoms with Crippen molar-refractivity contribution in [2.45, 2.75) is 20.4 Å². The highest BCUT2D eigenvalue weighted by Gasteiger charge is 2.17. The molecule has 27 heavy (non-hydrogen) atoms. The van der Waals surface area contributed by atoms with Crippen molar-refractivity contribution in [3.63, 3.8) is 0 Å². The van der Waals surface area contributed by atoms with Crippen molar-refractivity contribution in [2.75, 3.05) is 0 Å². The van der Waals surface area contributed by atoms with E-state index in [1.807, 2.05) is 5.38 Å². The molecule has 0 radical (unpaired) electrons. The van der Waals surface area contributed by atoms with E-state index in [0.29, 0.717) is 45.0 Å². The minimum absolute atomic E-state index is 0.291. The normalized spacial score (nSPS) is 12.0. The Labute approximate surface area is 157 Å². The first-order valence-electron chi connectivity index (χ1n) is 8.23. The van der Waals surface area contributed by atoms with Gasteiger partial charge < -0.3 is 9.09 Å². The Bertz CT molecular complexity index is 1220. The van der Waals surface area contributed by atoms with Crippen LogP contribution in [0.3, 0.4) is 0 Å². The van der Waals surface area contributed by atoms with E-state index in [-0.39, 0.29) is 5.82 Å². The van der Waals surface area contributed by atoms with Crippen molar-refractivity contribution in [1.82, 2.24) is 14.7 Å². The highest BCUT2D eigenvalue weighted by molar-refractivity contribution is 7.07. The van der Waals surface area contributed by atoms with Crippen LogP contribution < -0.4 is 4.80 Å². The van der Waals surface area contributed by atoms with Crippen molar-refractivity contribution in [1.29, 1.82) is 0 Å². The first-order valence-corrected chi connectivity index (χ1v) is 9.11. The second-order valence-corrected chi connectivity index (χ2v) is 6.95. The fourth-order valence-electron chi connectivity index (χ4n) is 2.85. The number of benzene rings is 1. The summed E-state index contributed by atoms with van der Waals surface area (Å²) in [6, 6.07) is 8.22. The molecule has 1 aromatic carbocycles. The van der Waals surface area contributed by atoms with Gasteiger partial charge in [-0.05, 0) is 26.0 Å². The highest BCUT2D eigenvalue weighted by Crippen LogP contribution is 2.22. The summed E-state index contributed by atoms with van der Waals surface area (Å²) in [7, 11) is 0. The van der Waals surface area contributed by atoms with Crippen molar-refractivity contribution in [3.8, 4) is 0 Å². The maximum atomic E-state index is 13.9. The molecule has 0 saturated carbocycles. The Morgan fingerprint density at radius 3 is 2.96 bits per heavy atom. The first-order chi connectivity index (χ1) is 13.0. The summed E-state index contributed by atoms with van der Waals surface area (Å²) < 4.78 is 20.9. The van der Waals surface area contributed by atoms with Gasteiger partial charge in [-0.3, -0.25) is 4.79 Å². The fraction of sp³-hybridized carbons (Fsp3) is 0.158. The van der Waals surface area contributed by atoms with Gasteiger partial charge in [0.15, 0.2) is 4.80 Å². The third kappa shape index (κ3) is 3.31. The van der Waals surface area contributed by atoms with E-state index >= 15 is 0 Å². The number of carbonyl (C=O) groups excluding carboxylic acids is 1. The monoisotopic (exact) mass is 382 g/mol. The molecule has 136 valence electrons. The predicted molar refractivity (Wildman–Crippen MR) is 99.0 cm³/mol. The summed E-state index contributed by atoms with van der Waals surface area (Å²) in [6.45, 7) is 3.82. The molecule has 0 aliphatic carbocycles. The van der Waals surface area contributed by atoms with Crippen molar-refractivity contribution in [2.24, 2.45) is 4.99 Å². The number of aryl methyl sites for hydroxylation is 2. The van der Waals surface area contributed by atoms with Crippen LogP contribution in [0.25, 0.3) is 11.1 Å². The molecular weight excluding hydrogens is 367 g/mol. The van der Waals surface area contributed by atoms with Crippen LogP contribution in [0.4, 0.5) is 4.39 Å². The summed E-state index contributed by atoms with van der Waals surface area (Å²) in [5, 5.41) is 6.26. The van der Waals surface area contributed by atoms with Crippen molar-refractivity contribution in [3.05, 3.63) is 75.0 Å². The van der Waals surface area contributed by atoms with Crippen LogP contribution in [-0.4, -0.2) is 20.6 Å². The SMILES string of the molecule is Cc1cc(C(=O)N=c2sccn2Cc2ccccc2F)c2c(C)noc2n1. The standard InChI is InChI=1S/C19H15FN4O2S/c1-11-9-14(16-12(2)23-26-18(16)21-11)17(25)22-19-24(7-8-27-19)10-13-5-3-4-6-15(13)20/h3-9H,10H2,1-2H3. The quantitative estimate of drug-likeness (QED) is 0.542. The van der Waals surface area contributed by atoms with E-state index in [9.17, 15) is 9.18 Å². The van der Waals surface area contributed by atoms with Crippen molar-refractivity contribution < 1.29 is 13.7 Å². The van der Waals surface area contributed by atoms with Crippen LogP contribution in [0, 0.1) is 19.7 Å². The smallest absolute Gasteiger partial charge is 0.280 e. The number of hydrogen-bond donors (Lipinski definition) is 0. The summed E-state index contributed by atoms with van der Waals surface area (Å²) >= 11 is 1.31. The molecule has 0 atom stereocenters. The Hall–Kier alpha value is -3.13. The number of pyridine rings is 1. The van der Waals surface area contributed by atoms with Crippen molar-refractivity contribution >= 4 is 28.3 Å². The van der Waals surface area contributed by atoms with Crippen LogP contribution in [0.5, 0.6) is 0 Å². The molecule has 8 heteroatoms. The maximum absolute atomic E-state index is 13.9. The van der Waals surface area contributed by atoms with Gasteiger partial charge in [0, 0.05) is 22.8 Å². The van der Waals surface area contributed by atoms with E-state index in [4.69, 9.17) is 4.52 Å². The zero-order valence-corrected chi connectivity index (χ0v) is 15.5. The van der Waals surface area contributed by atoms with Crippen LogP contribution in [0.2, 0.25) is 0 Å². The highest BCUT2D eigenvalue weighted by atomic mass is 32.1. The van der Waals surface area contributed by atoms with Crippen LogP contribution in [0.15, 0.2) is 51.4 Å². The zero-order valence-electron chi connectivity index (χ0n) is 14.6. The number of carbonyl (C=O) groups is 1. The molecule has 4 rings (SSSR count). The minimum Gasteiger partial charge on any atom is -0.336 e. The number of thiazole rings is 1. The topological polar surface area (TPSA) is 73.3 Å². The van der Waals surface area contributed by atoms with Gasteiger partial charge >= 0.3 is 0 Å². The lowest BCUT2D eigenvalue weighted by Gasteiger charge is -2.04. The van der Waals surface area contributed by atoms with E-state index in [2.05, 4.69) is 15.1 Å². The van der Waals surface area contributed by atoms with Gasteiger partial charge in [-0.25, -0.2) is 9.37 Å². The number of fused-ring (bicyclic) bond motifs is 1. The molecule has 6 nitrogen and oxygen atoms in total. The molecule has 0 fully saturated rings. The Kier molecular flexibility index (Phi) is 4.41. The summed E-state index contributed by atoms with van der Waals surface area (Å²) in [6.07, 6.45) is 1.78. The second kappa shape index (κ2) is 6.88. The maximum Gasteiger partial charge on any atom is 0.280 e. The van der Waals surface area contributed by atoms with Gasteiger partial charge in [-0.1, -0.05) is 23.4 Å². The van der Waals surface area contributed by atoms with E-state index in [1.54, 1.807) is 48.9 Å². The number of nitrogens with zero attached hydrogens (tertiary/aromatic N) is 4. The van der Waals surface area contributed by atoms with E-state index in [1.165, 1.54) is 17.4 Å². The van der Waals surface area contributed by atoms with Gasteiger partial charge in [0.05, 0.1) is 23.2 Å². The number of hydrogen-bond acceptors (Lipinski definition) is 5. The molecule has 0 aliphatic rings. The molecule has 0 saturated heterocycles. The lowest BCUT2D eigenvalue weighted by molar-refractivity contribution is 0.0999. The molecular formula is C19H15FN4O2S. The fourth-order valence-corrected chi connectivity index (χ4v) is 3.58. The molecule has 0 N–H and O–H groups in total. The molecule has 0 spiro atoms. The molecule has 4 aromatic rings. The van der Waals surface area contributed by atoms with Gasteiger partial charge in [0.2, 0.25) is 0 Å². The Morgan fingerprint density at radius 2 is 2.15 bits per heavy atom. The average molecular weight is 382 g/mol. The van der Waals surface area contributed by atoms with E-state index < -0.39 is 5.91 Å².